The number of nitrogens with zero attached hydrogens (tertiary/aromatic N) is 2. The zero-order valence-electron chi connectivity index (χ0n) is 18.6. The molecule has 0 aromatic heterocycles. The number of amidine groups is 1. The Labute approximate surface area is 202 Å². The lowest BCUT2D eigenvalue weighted by Crippen LogP contribution is -2.43. The van der Waals surface area contributed by atoms with Crippen molar-refractivity contribution in [1.29, 1.82) is 0 Å². The fourth-order valence-corrected chi connectivity index (χ4v) is 4.38. The Bertz CT molecular complexity index is 1060. The van der Waals surface area contributed by atoms with Crippen molar-refractivity contribution in [1.82, 2.24) is 4.90 Å². The van der Waals surface area contributed by atoms with Crippen molar-refractivity contribution in [3.05, 3.63) is 76.5 Å². The van der Waals surface area contributed by atoms with Crippen molar-refractivity contribution >= 4 is 40.6 Å². The molecule has 1 amide bonds. The Morgan fingerprint density at radius 3 is 2.45 bits per heavy atom. The molecule has 1 unspecified atom stereocenters. The zero-order valence-corrected chi connectivity index (χ0v) is 20.2. The molecular formula is C24H25ClN2O5S. The largest absolute Gasteiger partial charge is 0.497 e. The first-order valence-electron chi connectivity index (χ1n) is 10.4. The van der Waals surface area contributed by atoms with E-state index < -0.39 is 18.1 Å². The van der Waals surface area contributed by atoms with Crippen molar-refractivity contribution in [2.75, 3.05) is 20.3 Å². The van der Waals surface area contributed by atoms with E-state index in [1.807, 2.05) is 24.3 Å². The number of aliphatic imine (C=N–C) groups is 1. The van der Waals surface area contributed by atoms with Gasteiger partial charge in [-0.25, -0.2) is 19.5 Å². The molecule has 1 aliphatic rings. The van der Waals surface area contributed by atoms with Gasteiger partial charge >= 0.3 is 12.1 Å². The van der Waals surface area contributed by atoms with E-state index in [0.717, 1.165) is 11.3 Å². The second-order valence-electron chi connectivity index (χ2n) is 6.88. The van der Waals surface area contributed by atoms with E-state index in [2.05, 4.69) is 4.99 Å². The lowest BCUT2D eigenvalue weighted by molar-refractivity contribution is -0.139. The summed E-state index contributed by atoms with van der Waals surface area (Å²) in [4.78, 5) is 31.6. The second kappa shape index (κ2) is 11.8. The van der Waals surface area contributed by atoms with Gasteiger partial charge in [-0.15, -0.1) is 0 Å². The maximum Gasteiger partial charge on any atom is 0.416 e. The standard InChI is InChI=1S/C24H25ClN2O5S/c1-4-31-22(28)20-14-26-23(33-15-16-9-11-19(30-3)12-10-16)27(24(29)32-5-2)21(20)17-7-6-8-18(25)13-17/h6-14,21H,4-5,15H2,1-3H3. The molecule has 1 aliphatic heterocycles. The van der Waals surface area contributed by atoms with Crippen LogP contribution in [0.15, 0.2) is 65.3 Å². The van der Waals surface area contributed by atoms with Crippen molar-refractivity contribution < 1.29 is 23.8 Å². The quantitative estimate of drug-likeness (QED) is 0.472. The van der Waals surface area contributed by atoms with E-state index in [-0.39, 0.29) is 18.8 Å². The molecule has 0 saturated carbocycles. The minimum absolute atomic E-state index is 0.173. The minimum atomic E-state index is -0.794. The number of amides is 1. The third kappa shape index (κ3) is 6.09. The Morgan fingerprint density at radius 1 is 1.09 bits per heavy atom. The van der Waals surface area contributed by atoms with E-state index >= 15 is 0 Å². The molecule has 3 rings (SSSR count). The molecule has 0 bridgehead atoms. The molecule has 1 atom stereocenters. The predicted molar refractivity (Wildman–Crippen MR) is 129 cm³/mol. The highest BCUT2D eigenvalue weighted by Gasteiger charge is 2.39. The van der Waals surface area contributed by atoms with E-state index in [9.17, 15) is 9.59 Å². The highest BCUT2D eigenvalue weighted by molar-refractivity contribution is 8.13. The molecule has 0 fully saturated rings. The van der Waals surface area contributed by atoms with Crippen LogP contribution in [0.3, 0.4) is 0 Å². The molecule has 7 nitrogen and oxygen atoms in total. The van der Waals surface area contributed by atoms with Crippen LogP contribution in [-0.2, 0) is 20.0 Å². The summed E-state index contributed by atoms with van der Waals surface area (Å²) in [5.74, 6) is 0.749. The van der Waals surface area contributed by atoms with Gasteiger partial charge in [-0.05, 0) is 49.2 Å². The molecule has 0 N–H and O–H groups in total. The van der Waals surface area contributed by atoms with Crippen LogP contribution in [0.4, 0.5) is 4.79 Å². The lowest BCUT2D eigenvalue weighted by atomic mass is 9.97. The second-order valence-corrected chi connectivity index (χ2v) is 8.26. The summed E-state index contributed by atoms with van der Waals surface area (Å²) < 4.78 is 15.8. The number of hydrogen-bond acceptors (Lipinski definition) is 7. The average molecular weight is 489 g/mol. The Kier molecular flexibility index (Phi) is 8.79. The number of esters is 1. The van der Waals surface area contributed by atoms with Gasteiger partial charge in [0.2, 0.25) is 0 Å². The average Bonchev–Trinajstić information content (AvgIpc) is 2.82. The highest BCUT2D eigenvalue weighted by atomic mass is 35.5. The SMILES string of the molecule is CCOC(=O)C1=CN=C(SCc2ccc(OC)cc2)N(C(=O)OCC)C1c1cccc(Cl)c1. The van der Waals surface area contributed by atoms with Crippen molar-refractivity contribution in [3.63, 3.8) is 0 Å². The summed E-state index contributed by atoms with van der Waals surface area (Å²) in [6, 6.07) is 13.8. The summed E-state index contributed by atoms with van der Waals surface area (Å²) in [6.45, 7) is 3.81. The van der Waals surface area contributed by atoms with Crippen LogP contribution >= 0.6 is 23.4 Å². The summed E-state index contributed by atoms with van der Waals surface area (Å²) in [6.07, 6.45) is 0.841. The van der Waals surface area contributed by atoms with Gasteiger partial charge in [0.25, 0.3) is 0 Å². The molecule has 0 spiro atoms. The summed E-state index contributed by atoms with van der Waals surface area (Å²) >= 11 is 7.59. The van der Waals surface area contributed by atoms with Crippen molar-refractivity contribution in [2.45, 2.75) is 25.6 Å². The van der Waals surface area contributed by atoms with Crippen LogP contribution in [0.1, 0.15) is 31.0 Å². The third-order valence-corrected chi connectivity index (χ3v) is 6.01. The number of halogens is 1. The van der Waals surface area contributed by atoms with Gasteiger partial charge in [-0.2, -0.15) is 0 Å². The Morgan fingerprint density at radius 2 is 1.82 bits per heavy atom. The van der Waals surface area contributed by atoms with Crippen LogP contribution < -0.4 is 4.74 Å². The van der Waals surface area contributed by atoms with E-state index in [1.54, 1.807) is 45.2 Å². The number of carbonyl (C=O) groups is 2. The molecule has 2 aromatic rings. The number of thioether (sulfide) groups is 1. The molecule has 2 aromatic carbocycles. The van der Waals surface area contributed by atoms with Crippen LogP contribution in [0, 0.1) is 0 Å². The van der Waals surface area contributed by atoms with Crippen molar-refractivity contribution in [3.8, 4) is 5.75 Å². The first-order chi connectivity index (χ1) is 16.0. The number of ether oxygens (including phenoxy) is 3. The van der Waals surface area contributed by atoms with Gasteiger partial charge < -0.3 is 14.2 Å². The normalized spacial score (nSPS) is 15.4. The minimum Gasteiger partial charge on any atom is -0.497 e. The van der Waals surface area contributed by atoms with E-state index in [4.69, 9.17) is 25.8 Å². The van der Waals surface area contributed by atoms with Gasteiger partial charge in [-0.1, -0.05) is 47.6 Å². The van der Waals surface area contributed by atoms with Gasteiger partial charge in [0.15, 0.2) is 5.17 Å². The van der Waals surface area contributed by atoms with Crippen molar-refractivity contribution in [2.24, 2.45) is 4.99 Å². The fraction of sp³-hybridized carbons (Fsp3) is 0.292. The molecule has 174 valence electrons. The number of rotatable bonds is 7. The third-order valence-electron chi connectivity index (χ3n) is 4.74. The molecule has 0 aliphatic carbocycles. The molecular weight excluding hydrogens is 464 g/mol. The maximum atomic E-state index is 13.1. The first-order valence-corrected chi connectivity index (χ1v) is 11.8. The van der Waals surface area contributed by atoms with Gasteiger partial charge in [0.05, 0.1) is 25.9 Å². The number of benzene rings is 2. The molecule has 1 heterocycles. The molecule has 0 radical (unpaired) electrons. The molecule has 0 saturated heterocycles. The summed E-state index contributed by atoms with van der Waals surface area (Å²) in [5, 5.41) is 0.886. The number of methoxy groups -OCH3 is 1. The molecule has 33 heavy (non-hydrogen) atoms. The lowest BCUT2D eigenvalue weighted by Gasteiger charge is -2.34. The number of carbonyl (C=O) groups excluding carboxylic acids is 2. The van der Waals surface area contributed by atoms with Crippen LogP contribution in [0.2, 0.25) is 5.02 Å². The monoisotopic (exact) mass is 488 g/mol. The smallest absolute Gasteiger partial charge is 0.416 e. The zero-order chi connectivity index (χ0) is 23.8. The fourth-order valence-electron chi connectivity index (χ4n) is 3.24. The Balaban J connectivity index is 1.99. The van der Waals surface area contributed by atoms with E-state index in [0.29, 0.717) is 21.5 Å². The molecule has 9 heteroatoms. The highest BCUT2D eigenvalue weighted by Crippen LogP contribution is 2.37. The maximum absolute atomic E-state index is 13.1. The first kappa shape index (κ1) is 24.7. The van der Waals surface area contributed by atoms with Crippen LogP contribution in [0.5, 0.6) is 5.75 Å². The predicted octanol–water partition coefficient (Wildman–Crippen LogP) is 5.60. The Hall–Kier alpha value is -2.97. The summed E-state index contributed by atoms with van der Waals surface area (Å²) in [7, 11) is 1.61. The van der Waals surface area contributed by atoms with Crippen LogP contribution in [0.25, 0.3) is 0 Å². The van der Waals surface area contributed by atoms with Gasteiger partial charge in [0, 0.05) is 17.0 Å². The van der Waals surface area contributed by atoms with Crippen LogP contribution in [-0.4, -0.2) is 42.5 Å². The van der Waals surface area contributed by atoms with Gasteiger partial charge in [0.1, 0.15) is 11.8 Å². The topological polar surface area (TPSA) is 77.4 Å². The summed E-state index contributed by atoms with van der Waals surface area (Å²) in [5.41, 5.74) is 1.89. The number of hydrogen-bond donors (Lipinski definition) is 0. The van der Waals surface area contributed by atoms with Gasteiger partial charge in [-0.3, -0.25) is 0 Å². The van der Waals surface area contributed by atoms with E-state index in [1.165, 1.54) is 22.9 Å².